The van der Waals surface area contributed by atoms with Crippen LogP contribution in [0.5, 0.6) is 11.5 Å². The van der Waals surface area contributed by atoms with Crippen molar-refractivity contribution < 1.29 is 19.1 Å². The highest BCUT2D eigenvalue weighted by Gasteiger charge is 2.42. The molecule has 0 saturated heterocycles. The number of hydrogen-bond acceptors (Lipinski definition) is 5. The molecule has 1 atom stereocenters. The van der Waals surface area contributed by atoms with Crippen molar-refractivity contribution in [2.75, 3.05) is 21.3 Å². The maximum Gasteiger partial charge on any atom is 0.269 e. The Morgan fingerprint density at radius 3 is 2.59 bits per heavy atom. The highest BCUT2D eigenvalue weighted by Crippen LogP contribution is 2.29. The van der Waals surface area contributed by atoms with Gasteiger partial charge in [0.1, 0.15) is 0 Å². The molecule has 0 aromatic heterocycles. The maximum atomic E-state index is 12.6. The summed E-state index contributed by atoms with van der Waals surface area (Å²) in [5.74, 6) is 1.21. The lowest BCUT2D eigenvalue weighted by atomic mass is 9.98. The Morgan fingerprint density at radius 2 is 2.05 bits per heavy atom. The minimum Gasteiger partial charge on any atom is -0.493 e. The summed E-state index contributed by atoms with van der Waals surface area (Å²) in [5, 5.41) is 3.88. The molecule has 6 nitrogen and oxygen atoms in total. The summed E-state index contributed by atoms with van der Waals surface area (Å²) < 4.78 is 10.5. The van der Waals surface area contributed by atoms with Gasteiger partial charge in [0.05, 0.1) is 19.9 Å². The number of nitrogens with zero attached hydrogens (tertiary/aromatic N) is 2. The zero-order chi connectivity index (χ0) is 16.3. The van der Waals surface area contributed by atoms with Gasteiger partial charge in [0, 0.05) is 20.0 Å². The van der Waals surface area contributed by atoms with Gasteiger partial charge in [-0.25, -0.2) is 0 Å². The van der Waals surface area contributed by atoms with Gasteiger partial charge in [-0.1, -0.05) is 11.2 Å². The van der Waals surface area contributed by atoms with Crippen LogP contribution in [0.4, 0.5) is 0 Å². The number of carbonyl (C=O) groups is 1. The first-order valence-electron chi connectivity index (χ1n) is 7.07. The molecule has 6 heteroatoms. The van der Waals surface area contributed by atoms with E-state index >= 15 is 0 Å². The number of carbonyl (C=O) groups excluding carboxylic acids is 1. The van der Waals surface area contributed by atoms with E-state index in [0.717, 1.165) is 11.3 Å². The molecular weight excluding hydrogens is 284 g/mol. The van der Waals surface area contributed by atoms with Crippen molar-refractivity contribution in [1.29, 1.82) is 0 Å². The van der Waals surface area contributed by atoms with Gasteiger partial charge in [-0.2, -0.15) is 0 Å². The first kappa shape index (κ1) is 16.1. The standard InChI is InChI=1S/C16H22N2O4/c1-11-9-16(2,22-17-11)15(19)18(3)10-12-6-7-13(20-4)14(8-12)21-5/h6-8H,9-10H2,1-5H3. The van der Waals surface area contributed by atoms with Gasteiger partial charge in [-0.3, -0.25) is 4.79 Å². The second-order valence-electron chi connectivity index (χ2n) is 5.68. The fourth-order valence-corrected chi connectivity index (χ4v) is 2.57. The molecule has 1 aromatic carbocycles. The SMILES string of the molecule is COc1ccc(CN(C)C(=O)C2(C)CC(C)=NO2)cc1OC. The Balaban J connectivity index is 2.09. The topological polar surface area (TPSA) is 60.4 Å². The summed E-state index contributed by atoms with van der Waals surface area (Å²) in [6.07, 6.45) is 0.516. The van der Waals surface area contributed by atoms with Crippen molar-refractivity contribution in [2.24, 2.45) is 5.16 Å². The van der Waals surface area contributed by atoms with E-state index in [9.17, 15) is 4.79 Å². The summed E-state index contributed by atoms with van der Waals surface area (Å²) in [5.41, 5.74) is 0.873. The van der Waals surface area contributed by atoms with Crippen molar-refractivity contribution in [3.63, 3.8) is 0 Å². The first-order chi connectivity index (χ1) is 10.4. The smallest absolute Gasteiger partial charge is 0.269 e. The molecule has 22 heavy (non-hydrogen) atoms. The molecule has 1 unspecified atom stereocenters. The molecule has 1 heterocycles. The van der Waals surface area contributed by atoms with Crippen LogP contribution in [0.3, 0.4) is 0 Å². The van der Waals surface area contributed by atoms with E-state index in [0.29, 0.717) is 24.5 Å². The van der Waals surface area contributed by atoms with Gasteiger partial charge >= 0.3 is 0 Å². The zero-order valence-electron chi connectivity index (χ0n) is 13.7. The summed E-state index contributed by atoms with van der Waals surface area (Å²) >= 11 is 0. The van der Waals surface area contributed by atoms with Crippen molar-refractivity contribution in [1.82, 2.24) is 4.90 Å². The fourth-order valence-electron chi connectivity index (χ4n) is 2.57. The third kappa shape index (κ3) is 3.16. The normalized spacial score (nSPS) is 20.1. The van der Waals surface area contributed by atoms with E-state index in [1.165, 1.54) is 0 Å². The maximum absolute atomic E-state index is 12.6. The molecule has 1 aromatic rings. The fraction of sp³-hybridized carbons (Fsp3) is 0.500. The number of ether oxygens (including phenoxy) is 2. The third-order valence-electron chi connectivity index (χ3n) is 3.66. The van der Waals surface area contributed by atoms with Gasteiger partial charge in [0.15, 0.2) is 11.5 Å². The summed E-state index contributed by atoms with van der Waals surface area (Å²) in [7, 11) is 4.93. The van der Waals surface area contributed by atoms with Crippen LogP contribution in [0.15, 0.2) is 23.4 Å². The number of hydrogen-bond donors (Lipinski definition) is 0. The van der Waals surface area contributed by atoms with Crippen molar-refractivity contribution >= 4 is 11.6 Å². The van der Waals surface area contributed by atoms with Gasteiger partial charge in [0.2, 0.25) is 5.60 Å². The molecule has 2 rings (SSSR count). The van der Waals surface area contributed by atoms with Gasteiger partial charge in [0.25, 0.3) is 5.91 Å². The summed E-state index contributed by atoms with van der Waals surface area (Å²) in [6, 6.07) is 5.60. The van der Waals surface area contributed by atoms with Gasteiger partial charge < -0.3 is 19.2 Å². The Labute approximate surface area is 130 Å². The van der Waals surface area contributed by atoms with Crippen LogP contribution < -0.4 is 9.47 Å². The quantitative estimate of drug-likeness (QED) is 0.837. The monoisotopic (exact) mass is 306 g/mol. The summed E-state index contributed by atoms with van der Waals surface area (Å²) in [4.78, 5) is 19.5. The van der Waals surface area contributed by atoms with Crippen LogP contribution in [-0.2, 0) is 16.2 Å². The molecule has 0 fully saturated rings. The first-order valence-corrected chi connectivity index (χ1v) is 7.07. The lowest BCUT2D eigenvalue weighted by Crippen LogP contribution is -2.45. The van der Waals surface area contributed by atoms with Crippen molar-refractivity contribution in [2.45, 2.75) is 32.4 Å². The number of benzene rings is 1. The minimum atomic E-state index is -0.907. The third-order valence-corrected chi connectivity index (χ3v) is 3.66. The number of amides is 1. The van der Waals surface area contributed by atoms with Gasteiger partial charge in [-0.15, -0.1) is 0 Å². The van der Waals surface area contributed by atoms with E-state index in [1.54, 1.807) is 33.1 Å². The van der Waals surface area contributed by atoms with Gasteiger partial charge in [-0.05, 0) is 31.5 Å². The Hall–Kier alpha value is -2.24. The number of oxime groups is 1. The molecule has 0 spiro atoms. The Bertz CT molecular complexity index is 600. The lowest BCUT2D eigenvalue weighted by molar-refractivity contribution is -0.152. The average Bonchev–Trinajstić information content (AvgIpc) is 2.86. The van der Waals surface area contributed by atoms with E-state index < -0.39 is 5.60 Å². The Morgan fingerprint density at radius 1 is 1.36 bits per heavy atom. The molecule has 1 amide bonds. The highest BCUT2D eigenvalue weighted by molar-refractivity contribution is 5.94. The molecular formula is C16H22N2O4. The average molecular weight is 306 g/mol. The van der Waals surface area contributed by atoms with E-state index in [4.69, 9.17) is 14.3 Å². The van der Waals surface area contributed by atoms with Crippen LogP contribution in [0.2, 0.25) is 0 Å². The highest BCUT2D eigenvalue weighted by atomic mass is 16.7. The van der Waals surface area contributed by atoms with E-state index in [2.05, 4.69) is 5.16 Å². The minimum absolute atomic E-state index is 0.0946. The van der Waals surface area contributed by atoms with Crippen molar-refractivity contribution in [3.05, 3.63) is 23.8 Å². The molecule has 120 valence electrons. The second-order valence-corrected chi connectivity index (χ2v) is 5.68. The van der Waals surface area contributed by atoms with Crippen LogP contribution in [-0.4, -0.2) is 43.4 Å². The van der Waals surface area contributed by atoms with Crippen LogP contribution in [0.1, 0.15) is 25.8 Å². The van der Waals surface area contributed by atoms with E-state index in [1.807, 2.05) is 25.1 Å². The summed E-state index contributed by atoms with van der Waals surface area (Å²) in [6.45, 7) is 4.07. The Kier molecular flexibility index (Phi) is 4.59. The molecule has 1 aliphatic rings. The van der Waals surface area contributed by atoms with Crippen LogP contribution >= 0.6 is 0 Å². The predicted molar refractivity (Wildman–Crippen MR) is 83.2 cm³/mol. The van der Waals surface area contributed by atoms with Crippen LogP contribution in [0, 0.1) is 0 Å². The number of likely N-dealkylation sites (N-methyl/N-ethyl adjacent to an activating group) is 1. The largest absolute Gasteiger partial charge is 0.493 e. The molecule has 1 aliphatic heterocycles. The predicted octanol–water partition coefficient (Wildman–Crippen LogP) is 2.22. The molecule has 0 N–H and O–H groups in total. The molecule has 0 radical (unpaired) electrons. The second kappa shape index (κ2) is 6.25. The molecule has 0 saturated carbocycles. The molecule has 0 aliphatic carbocycles. The van der Waals surface area contributed by atoms with E-state index in [-0.39, 0.29) is 5.91 Å². The zero-order valence-corrected chi connectivity index (χ0v) is 13.7. The number of rotatable bonds is 5. The number of methoxy groups -OCH3 is 2. The van der Waals surface area contributed by atoms with Crippen LogP contribution in [0.25, 0.3) is 0 Å². The van der Waals surface area contributed by atoms with Crippen molar-refractivity contribution in [3.8, 4) is 11.5 Å². The lowest BCUT2D eigenvalue weighted by Gasteiger charge is -2.27. The molecule has 0 bridgehead atoms.